The molecule has 1 aliphatic rings. The smallest absolute Gasteiger partial charge is 0.394 e. The molecule has 7 heteroatoms. The van der Waals surface area contributed by atoms with Crippen molar-refractivity contribution in [1.82, 2.24) is 19.7 Å². The van der Waals surface area contributed by atoms with Gasteiger partial charge in [0.1, 0.15) is 24.4 Å². The zero-order valence-corrected chi connectivity index (χ0v) is 16.6. The van der Waals surface area contributed by atoms with Gasteiger partial charge in [-0.05, 0) is 51.3 Å². The van der Waals surface area contributed by atoms with Gasteiger partial charge in [-0.15, -0.1) is 0 Å². The maximum absolute atomic E-state index is 6.06. The van der Waals surface area contributed by atoms with E-state index in [4.69, 9.17) is 13.9 Å². The van der Waals surface area contributed by atoms with Gasteiger partial charge in [0.05, 0.1) is 25.4 Å². The molecule has 0 amide bonds. The second-order valence-electron chi connectivity index (χ2n) is 7.30. The highest BCUT2D eigenvalue weighted by Gasteiger charge is 2.34. The fourth-order valence-electron chi connectivity index (χ4n) is 3.83. The average Bonchev–Trinajstić information content (AvgIpc) is 3.11. The van der Waals surface area contributed by atoms with E-state index >= 15 is 0 Å². The van der Waals surface area contributed by atoms with Crippen LogP contribution in [0.2, 0.25) is 0 Å². The molecule has 0 aliphatic carbocycles. The van der Waals surface area contributed by atoms with Crippen LogP contribution in [0.5, 0.6) is 11.8 Å². The average molecular weight is 383 g/mol. The number of oxazole rings is 1. The highest BCUT2D eigenvalue weighted by Crippen LogP contribution is 2.28. The SMILES string of the molecule is CCOc1nc2ccc(OCC[N+]3(c4ccc(C)nn4)CCCCC3)cc2o1. The molecule has 3 aromatic rings. The third-order valence-corrected chi connectivity index (χ3v) is 5.34. The monoisotopic (exact) mass is 383 g/mol. The minimum absolute atomic E-state index is 0.297. The summed E-state index contributed by atoms with van der Waals surface area (Å²) in [6.45, 7) is 8.04. The van der Waals surface area contributed by atoms with Gasteiger partial charge in [-0.1, -0.05) is 5.10 Å². The molecule has 0 spiro atoms. The molecule has 0 N–H and O–H groups in total. The van der Waals surface area contributed by atoms with Crippen molar-refractivity contribution in [2.75, 3.05) is 32.8 Å². The summed E-state index contributed by atoms with van der Waals surface area (Å²) >= 11 is 0. The first kappa shape index (κ1) is 18.7. The molecule has 7 nitrogen and oxygen atoms in total. The maximum atomic E-state index is 6.06. The number of rotatable bonds is 7. The van der Waals surface area contributed by atoms with Crippen molar-refractivity contribution in [3.05, 3.63) is 36.0 Å². The number of fused-ring (bicyclic) bond motifs is 1. The van der Waals surface area contributed by atoms with Gasteiger partial charge in [-0.25, -0.2) is 0 Å². The van der Waals surface area contributed by atoms with E-state index in [0.717, 1.165) is 46.9 Å². The van der Waals surface area contributed by atoms with Crippen LogP contribution < -0.4 is 14.0 Å². The van der Waals surface area contributed by atoms with Crippen LogP contribution in [-0.4, -0.2) is 48.0 Å². The minimum atomic E-state index is 0.297. The Bertz CT molecular complexity index is 917. The van der Waals surface area contributed by atoms with Gasteiger partial charge in [0.2, 0.25) is 5.82 Å². The molecule has 0 unspecified atom stereocenters. The Morgan fingerprint density at radius 1 is 1.04 bits per heavy atom. The van der Waals surface area contributed by atoms with Crippen molar-refractivity contribution >= 4 is 16.9 Å². The zero-order valence-electron chi connectivity index (χ0n) is 16.6. The molecule has 2 aromatic heterocycles. The Balaban J connectivity index is 1.45. The molecule has 1 fully saturated rings. The van der Waals surface area contributed by atoms with Gasteiger partial charge >= 0.3 is 6.08 Å². The maximum Gasteiger partial charge on any atom is 0.394 e. The van der Waals surface area contributed by atoms with Crippen LogP contribution in [0.1, 0.15) is 31.9 Å². The number of aromatic nitrogens is 3. The molecule has 28 heavy (non-hydrogen) atoms. The number of ether oxygens (including phenoxy) is 2. The summed E-state index contributed by atoms with van der Waals surface area (Å²) in [5, 5.41) is 8.77. The van der Waals surface area contributed by atoms with E-state index in [1.54, 1.807) is 0 Å². The van der Waals surface area contributed by atoms with Gasteiger partial charge in [0.25, 0.3) is 0 Å². The predicted octanol–water partition coefficient (Wildman–Crippen LogP) is 3.90. The highest BCUT2D eigenvalue weighted by atomic mass is 16.6. The molecule has 1 aromatic carbocycles. The van der Waals surface area contributed by atoms with E-state index in [1.165, 1.54) is 19.3 Å². The molecule has 1 saturated heterocycles. The van der Waals surface area contributed by atoms with Crippen LogP contribution in [0.25, 0.3) is 11.1 Å². The van der Waals surface area contributed by atoms with E-state index in [9.17, 15) is 0 Å². The Kier molecular flexibility index (Phi) is 5.43. The van der Waals surface area contributed by atoms with Crippen LogP contribution in [0, 0.1) is 6.92 Å². The Labute approximate surface area is 164 Å². The van der Waals surface area contributed by atoms with Gasteiger partial charge < -0.3 is 13.9 Å². The lowest BCUT2D eigenvalue weighted by molar-refractivity contribution is 0.179. The van der Waals surface area contributed by atoms with Crippen LogP contribution in [0.15, 0.2) is 34.7 Å². The van der Waals surface area contributed by atoms with Crippen LogP contribution in [-0.2, 0) is 0 Å². The van der Waals surface area contributed by atoms with Crippen molar-refractivity contribution in [2.24, 2.45) is 0 Å². The quantitative estimate of drug-likeness (QED) is 0.577. The van der Waals surface area contributed by atoms with Gasteiger partial charge in [-0.3, -0.25) is 4.48 Å². The largest absolute Gasteiger partial charge is 0.488 e. The second kappa shape index (κ2) is 8.14. The number of piperidine rings is 1. The molecule has 0 atom stereocenters. The molecule has 0 bridgehead atoms. The lowest BCUT2D eigenvalue weighted by Crippen LogP contribution is -2.55. The third kappa shape index (κ3) is 3.94. The summed E-state index contributed by atoms with van der Waals surface area (Å²) in [5.74, 6) is 1.82. The first-order valence-corrected chi connectivity index (χ1v) is 10.0. The molecule has 1 aliphatic heterocycles. The van der Waals surface area contributed by atoms with Crippen LogP contribution >= 0.6 is 0 Å². The van der Waals surface area contributed by atoms with E-state index in [2.05, 4.69) is 21.2 Å². The fraction of sp³-hybridized carbons (Fsp3) is 0.476. The Hall–Kier alpha value is -2.67. The Morgan fingerprint density at radius 3 is 2.64 bits per heavy atom. The molecule has 0 saturated carbocycles. The molecular weight excluding hydrogens is 356 g/mol. The topological polar surface area (TPSA) is 70.3 Å². The number of hydrogen-bond acceptors (Lipinski definition) is 6. The number of benzene rings is 1. The number of quaternary nitrogens is 1. The third-order valence-electron chi connectivity index (χ3n) is 5.34. The summed E-state index contributed by atoms with van der Waals surface area (Å²) in [6, 6.07) is 9.85. The van der Waals surface area contributed by atoms with E-state index in [0.29, 0.717) is 24.9 Å². The van der Waals surface area contributed by atoms with Crippen molar-refractivity contribution in [3.8, 4) is 11.8 Å². The summed E-state index contributed by atoms with van der Waals surface area (Å²) in [7, 11) is 0. The van der Waals surface area contributed by atoms with Crippen molar-refractivity contribution < 1.29 is 13.9 Å². The molecule has 0 radical (unpaired) electrons. The summed E-state index contributed by atoms with van der Waals surface area (Å²) in [5.41, 5.74) is 2.39. The van der Waals surface area contributed by atoms with Crippen LogP contribution in [0.3, 0.4) is 0 Å². The highest BCUT2D eigenvalue weighted by molar-refractivity contribution is 5.74. The van der Waals surface area contributed by atoms with E-state index in [-0.39, 0.29) is 0 Å². The lowest BCUT2D eigenvalue weighted by atomic mass is 10.1. The van der Waals surface area contributed by atoms with Gasteiger partial charge in [0, 0.05) is 12.1 Å². The van der Waals surface area contributed by atoms with Gasteiger partial charge in [-0.2, -0.15) is 10.1 Å². The molecule has 148 valence electrons. The zero-order chi connectivity index (χ0) is 19.4. The lowest BCUT2D eigenvalue weighted by Gasteiger charge is -2.39. The molecular formula is C21H27N4O3+. The first-order chi connectivity index (χ1) is 13.7. The number of likely N-dealkylation sites (tertiary alicyclic amines) is 1. The first-order valence-electron chi connectivity index (χ1n) is 10.0. The van der Waals surface area contributed by atoms with E-state index < -0.39 is 0 Å². The number of hydrogen-bond donors (Lipinski definition) is 0. The normalized spacial score (nSPS) is 16.2. The fourth-order valence-corrected chi connectivity index (χ4v) is 3.83. The van der Waals surface area contributed by atoms with Crippen LogP contribution in [0.4, 0.5) is 5.82 Å². The predicted molar refractivity (Wildman–Crippen MR) is 108 cm³/mol. The van der Waals surface area contributed by atoms with E-state index in [1.807, 2.05) is 38.1 Å². The number of aryl methyl sites for hydroxylation is 1. The van der Waals surface area contributed by atoms with Gasteiger partial charge in [0.15, 0.2) is 5.58 Å². The van der Waals surface area contributed by atoms with Crippen molar-refractivity contribution in [3.63, 3.8) is 0 Å². The molecule has 4 rings (SSSR count). The van der Waals surface area contributed by atoms with Crippen molar-refractivity contribution in [1.29, 1.82) is 0 Å². The Morgan fingerprint density at radius 2 is 1.89 bits per heavy atom. The van der Waals surface area contributed by atoms with Crippen molar-refractivity contribution in [2.45, 2.75) is 33.1 Å². The standard InChI is InChI=1S/C21H27N4O3/c1-3-26-21-22-18-9-8-17(15-19(18)28-21)27-14-13-25(11-5-4-6-12-25)20-10-7-16(2)23-24-20/h7-10,15H,3-6,11-14H2,1-2H3/q+1. The summed E-state index contributed by atoms with van der Waals surface area (Å²) in [4.78, 5) is 4.29. The summed E-state index contributed by atoms with van der Waals surface area (Å²) < 4.78 is 17.8. The summed E-state index contributed by atoms with van der Waals surface area (Å²) in [6.07, 6.45) is 4.00. The molecule has 3 heterocycles. The minimum Gasteiger partial charge on any atom is -0.488 e. The second-order valence-corrected chi connectivity index (χ2v) is 7.30. The number of nitrogens with zero attached hydrogens (tertiary/aromatic N) is 4.